The Hall–Kier alpha value is 0.540. The Morgan fingerprint density at radius 1 is 0.667 bits per heavy atom. The predicted molar refractivity (Wildman–Crippen MR) is 108 cm³/mol. The molecule has 0 amide bonds. The number of hydrogen-bond donors (Lipinski definition) is 0. The van der Waals surface area contributed by atoms with E-state index in [0.29, 0.717) is 12.8 Å². The molecule has 0 aliphatic heterocycles. The zero-order valence-corrected chi connectivity index (χ0v) is 18.8. The van der Waals surface area contributed by atoms with Crippen LogP contribution in [0.3, 0.4) is 0 Å². The molecule has 0 aliphatic rings. The number of hydrogen-bond acceptors (Lipinski definition) is 4. The maximum absolute atomic E-state index is 10.7. The Labute approximate surface area is 152 Å². The lowest BCUT2D eigenvalue weighted by atomic mass is 10.5. The Kier molecular flexibility index (Phi) is 18.9. The number of phosphoric ester groups is 1. The van der Waals surface area contributed by atoms with Gasteiger partial charge in [-0.15, -0.1) is 0 Å². The van der Waals surface area contributed by atoms with Gasteiger partial charge in [0, 0.05) is 7.26 Å². The third-order valence-electron chi connectivity index (χ3n) is 3.70. The summed E-state index contributed by atoms with van der Waals surface area (Å²) >= 11 is 0. The van der Waals surface area contributed by atoms with Crippen molar-refractivity contribution in [3.8, 4) is 0 Å². The van der Waals surface area contributed by atoms with Gasteiger partial charge in [-0.3, -0.25) is 4.57 Å². The second kappa shape index (κ2) is 17.0. The van der Waals surface area contributed by atoms with Gasteiger partial charge in [0.05, 0.1) is 37.9 Å². The Morgan fingerprint density at radius 3 is 1.17 bits per heavy atom. The van der Waals surface area contributed by atoms with Gasteiger partial charge in [0.2, 0.25) is 0 Å². The molecule has 0 fully saturated rings. The van der Waals surface area contributed by atoms with Crippen LogP contribution >= 0.6 is 15.1 Å². The van der Waals surface area contributed by atoms with Gasteiger partial charge >= 0.3 is 0 Å². The summed E-state index contributed by atoms with van der Waals surface area (Å²) in [6.07, 6.45) is 13.2. The third kappa shape index (κ3) is 14.8. The van der Waals surface area contributed by atoms with Gasteiger partial charge in [-0.25, -0.2) is 0 Å². The average Bonchev–Trinajstić information content (AvgIpc) is 2.53. The molecule has 0 heterocycles. The minimum absolute atomic E-state index is 0.199. The average molecular weight is 384 g/mol. The lowest BCUT2D eigenvalue weighted by Crippen LogP contribution is -2.10. The SMILES string of the molecule is CCCOP(=O)([O-])OCCC.CCC[P+](CCC)(CCC)CCC. The van der Waals surface area contributed by atoms with Crippen molar-refractivity contribution >= 4 is 15.1 Å². The molecule has 0 rings (SSSR count). The highest BCUT2D eigenvalue weighted by molar-refractivity contribution is 7.75. The van der Waals surface area contributed by atoms with Crippen LogP contribution in [-0.2, 0) is 13.6 Å². The molecule has 0 aromatic carbocycles. The molecule has 148 valence electrons. The zero-order valence-electron chi connectivity index (χ0n) is 17.0. The molecule has 0 aliphatic carbocycles. The highest BCUT2D eigenvalue weighted by Crippen LogP contribution is 2.60. The summed E-state index contributed by atoms with van der Waals surface area (Å²) in [6.45, 7) is 13.5. The molecular formula is C18H42O4P2. The van der Waals surface area contributed by atoms with Crippen LogP contribution in [0.4, 0.5) is 0 Å². The van der Waals surface area contributed by atoms with E-state index in [4.69, 9.17) is 0 Å². The molecule has 0 aromatic heterocycles. The molecular weight excluding hydrogens is 342 g/mol. The molecule has 24 heavy (non-hydrogen) atoms. The standard InChI is InChI=1S/C12H28P.C6H15O4P/c1-5-9-13(10-6-2,11-7-3)12-8-4;1-3-5-9-11(7,8)10-6-4-2/h5-12H2,1-4H3;3-6H2,1-2H3,(H,7,8)/q+1;/p-1. The van der Waals surface area contributed by atoms with E-state index in [1.165, 1.54) is 25.7 Å². The van der Waals surface area contributed by atoms with E-state index in [2.05, 4.69) is 36.7 Å². The minimum Gasteiger partial charge on any atom is -0.756 e. The molecule has 0 aromatic rings. The van der Waals surface area contributed by atoms with Crippen molar-refractivity contribution in [3.05, 3.63) is 0 Å². The summed E-state index contributed by atoms with van der Waals surface area (Å²) in [5, 5.41) is 0. The summed E-state index contributed by atoms with van der Waals surface area (Å²) in [6, 6.07) is 0. The molecule has 4 nitrogen and oxygen atoms in total. The van der Waals surface area contributed by atoms with E-state index < -0.39 is 15.1 Å². The van der Waals surface area contributed by atoms with Crippen LogP contribution in [0.15, 0.2) is 0 Å². The quantitative estimate of drug-likeness (QED) is 0.347. The van der Waals surface area contributed by atoms with E-state index in [1.807, 2.05) is 13.8 Å². The largest absolute Gasteiger partial charge is 0.756 e. The molecule has 0 unspecified atom stereocenters. The topological polar surface area (TPSA) is 58.6 Å². The lowest BCUT2D eigenvalue weighted by molar-refractivity contribution is -0.225. The molecule has 0 atom stereocenters. The van der Waals surface area contributed by atoms with Gasteiger partial charge in [0.15, 0.2) is 0 Å². The van der Waals surface area contributed by atoms with Crippen LogP contribution in [0.25, 0.3) is 0 Å². The lowest BCUT2D eigenvalue weighted by Gasteiger charge is -2.26. The maximum atomic E-state index is 10.7. The smallest absolute Gasteiger partial charge is 0.267 e. The van der Waals surface area contributed by atoms with Crippen molar-refractivity contribution in [1.82, 2.24) is 0 Å². The van der Waals surface area contributed by atoms with Gasteiger partial charge in [0.1, 0.15) is 0 Å². The van der Waals surface area contributed by atoms with Crippen LogP contribution in [0.5, 0.6) is 0 Å². The minimum atomic E-state index is -3.98. The Balaban J connectivity index is 0. The second-order valence-electron chi connectivity index (χ2n) is 6.35. The fourth-order valence-corrected chi connectivity index (χ4v) is 9.03. The van der Waals surface area contributed by atoms with Crippen LogP contribution in [0.1, 0.15) is 80.1 Å². The van der Waals surface area contributed by atoms with Gasteiger partial charge in [-0.05, 0) is 38.5 Å². The molecule has 0 saturated heterocycles. The summed E-state index contributed by atoms with van der Waals surface area (Å²) in [5.74, 6) is 0. The third-order valence-corrected chi connectivity index (χ3v) is 10.3. The van der Waals surface area contributed by atoms with Crippen molar-refractivity contribution < 1.29 is 18.5 Å². The van der Waals surface area contributed by atoms with Crippen molar-refractivity contribution in [2.75, 3.05) is 37.9 Å². The van der Waals surface area contributed by atoms with E-state index in [9.17, 15) is 9.46 Å². The highest BCUT2D eigenvalue weighted by atomic mass is 31.2. The van der Waals surface area contributed by atoms with Crippen LogP contribution < -0.4 is 4.89 Å². The van der Waals surface area contributed by atoms with Crippen LogP contribution in [0.2, 0.25) is 0 Å². The van der Waals surface area contributed by atoms with Crippen molar-refractivity contribution in [1.29, 1.82) is 0 Å². The molecule has 0 N–H and O–H groups in total. The van der Waals surface area contributed by atoms with E-state index >= 15 is 0 Å². The monoisotopic (exact) mass is 384 g/mol. The summed E-state index contributed by atoms with van der Waals surface area (Å²) in [5.41, 5.74) is 0. The summed E-state index contributed by atoms with van der Waals surface area (Å²) in [7, 11) is -4.47. The number of rotatable bonds is 14. The summed E-state index contributed by atoms with van der Waals surface area (Å²) in [4.78, 5) is 10.7. The molecule has 0 spiro atoms. The normalized spacial score (nSPS) is 12.0. The van der Waals surface area contributed by atoms with Crippen LogP contribution in [-0.4, -0.2) is 37.9 Å². The van der Waals surface area contributed by atoms with E-state index in [1.54, 1.807) is 24.6 Å². The fourth-order valence-electron chi connectivity index (χ4n) is 3.01. The first-order valence-electron chi connectivity index (χ1n) is 9.82. The van der Waals surface area contributed by atoms with E-state index in [0.717, 1.165) is 0 Å². The molecule has 0 radical (unpaired) electrons. The van der Waals surface area contributed by atoms with E-state index in [-0.39, 0.29) is 13.2 Å². The first kappa shape index (κ1) is 26.8. The highest BCUT2D eigenvalue weighted by Gasteiger charge is 2.32. The van der Waals surface area contributed by atoms with Crippen molar-refractivity contribution in [3.63, 3.8) is 0 Å². The first-order chi connectivity index (χ1) is 11.4. The Morgan fingerprint density at radius 2 is 0.958 bits per heavy atom. The number of phosphoric acid groups is 1. The first-order valence-corrected chi connectivity index (χ1v) is 13.8. The zero-order chi connectivity index (χ0) is 18.9. The second-order valence-corrected chi connectivity index (χ2v) is 12.2. The van der Waals surface area contributed by atoms with Crippen molar-refractivity contribution in [2.24, 2.45) is 0 Å². The van der Waals surface area contributed by atoms with Crippen LogP contribution in [0, 0.1) is 0 Å². The molecule has 0 saturated carbocycles. The van der Waals surface area contributed by atoms with Gasteiger partial charge in [-0.2, -0.15) is 0 Å². The van der Waals surface area contributed by atoms with Gasteiger partial charge in [0.25, 0.3) is 7.82 Å². The maximum Gasteiger partial charge on any atom is 0.267 e. The predicted octanol–water partition coefficient (Wildman–Crippen LogP) is 5.95. The molecule has 0 bridgehead atoms. The van der Waals surface area contributed by atoms with Crippen molar-refractivity contribution in [2.45, 2.75) is 80.1 Å². The summed E-state index contributed by atoms with van der Waals surface area (Å²) < 4.78 is 19.6. The van der Waals surface area contributed by atoms with Gasteiger partial charge in [-0.1, -0.05) is 41.5 Å². The Bertz CT molecular complexity index is 270. The fraction of sp³-hybridized carbons (Fsp3) is 1.00. The molecule has 6 heteroatoms. The van der Waals surface area contributed by atoms with Gasteiger partial charge < -0.3 is 13.9 Å².